The van der Waals surface area contributed by atoms with Gasteiger partial charge < -0.3 is 15.6 Å². The third kappa shape index (κ3) is 2.87. The molecule has 112 valence electrons. The van der Waals surface area contributed by atoms with Gasteiger partial charge in [0.15, 0.2) is 0 Å². The van der Waals surface area contributed by atoms with Crippen LogP contribution in [0, 0.1) is 0 Å². The summed E-state index contributed by atoms with van der Waals surface area (Å²) in [4.78, 5) is 16.4. The van der Waals surface area contributed by atoms with Crippen LogP contribution in [0.2, 0.25) is 0 Å². The first-order valence-corrected chi connectivity index (χ1v) is 7.19. The highest BCUT2D eigenvalue weighted by molar-refractivity contribution is 5.98. The maximum Gasteiger partial charge on any atom is 0.265 e. The van der Waals surface area contributed by atoms with Gasteiger partial charge in [0.05, 0.1) is 0 Å². The second kappa shape index (κ2) is 5.66. The van der Waals surface area contributed by atoms with Gasteiger partial charge in [0.2, 0.25) is 0 Å². The van der Waals surface area contributed by atoms with E-state index in [-0.39, 0.29) is 0 Å². The highest BCUT2D eigenvalue weighted by atomic mass is 16.1. The van der Waals surface area contributed by atoms with E-state index in [0.717, 1.165) is 28.6 Å². The first-order chi connectivity index (χ1) is 10.5. The third-order valence-electron chi connectivity index (χ3n) is 3.67. The summed E-state index contributed by atoms with van der Waals surface area (Å²) in [6, 6.07) is 16.4. The molecule has 2 aromatic carbocycles. The molecule has 1 amide bonds. The lowest BCUT2D eigenvalue weighted by Gasteiger charge is -2.10. The van der Waals surface area contributed by atoms with Crippen molar-refractivity contribution < 1.29 is 4.79 Å². The number of carbonyl (C=O) groups is 1. The minimum atomic E-state index is -0.439. The molecule has 4 heteroatoms. The Hall–Kier alpha value is -2.59. The number of rotatable bonds is 4. The first kappa shape index (κ1) is 14.4. The maximum absolute atomic E-state index is 11.2. The summed E-state index contributed by atoms with van der Waals surface area (Å²) in [5.74, 6) is -0.439. The number of carbonyl (C=O) groups excluding carboxylic acids is 1. The SMILES string of the molecule is CN(C)Cc1ccc(-c2ccc3[nH]c(C(N)=O)cc3c2)cc1. The van der Waals surface area contributed by atoms with Crippen molar-refractivity contribution in [2.45, 2.75) is 6.54 Å². The number of hydrogen-bond donors (Lipinski definition) is 2. The van der Waals surface area contributed by atoms with E-state index in [4.69, 9.17) is 5.73 Å². The third-order valence-corrected chi connectivity index (χ3v) is 3.67. The minimum Gasteiger partial charge on any atom is -0.364 e. The van der Waals surface area contributed by atoms with Crippen LogP contribution >= 0.6 is 0 Å². The molecule has 0 aliphatic carbocycles. The van der Waals surface area contributed by atoms with Crippen molar-refractivity contribution in [1.29, 1.82) is 0 Å². The summed E-state index contributed by atoms with van der Waals surface area (Å²) in [6.45, 7) is 0.930. The highest BCUT2D eigenvalue weighted by Gasteiger charge is 2.07. The van der Waals surface area contributed by atoms with Crippen LogP contribution in [0.1, 0.15) is 16.1 Å². The van der Waals surface area contributed by atoms with Crippen molar-refractivity contribution in [3.63, 3.8) is 0 Å². The Labute approximate surface area is 129 Å². The number of primary amides is 1. The molecule has 3 aromatic rings. The van der Waals surface area contributed by atoms with Gasteiger partial charge in [-0.1, -0.05) is 30.3 Å². The fourth-order valence-electron chi connectivity index (χ4n) is 2.61. The molecule has 0 saturated heterocycles. The number of nitrogens with two attached hydrogens (primary N) is 1. The topological polar surface area (TPSA) is 62.1 Å². The molecule has 0 spiro atoms. The summed E-state index contributed by atoms with van der Waals surface area (Å²) in [5, 5.41) is 0.990. The highest BCUT2D eigenvalue weighted by Crippen LogP contribution is 2.25. The van der Waals surface area contributed by atoms with E-state index in [2.05, 4.69) is 54.3 Å². The lowest BCUT2D eigenvalue weighted by Crippen LogP contribution is -2.10. The van der Waals surface area contributed by atoms with Gasteiger partial charge in [-0.15, -0.1) is 0 Å². The summed E-state index contributed by atoms with van der Waals surface area (Å²) in [6.07, 6.45) is 0. The van der Waals surface area contributed by atoms with E-state index in [1.807, 2.05) is 12.1 Å². The molecule has 0 unspecified atom stereocenters. The van der Waals surface area contributed by atoms with Crippen molar-refractivity contribution >= 4 is 16.8 Å². The Morgan fingerprint density at radius 2 is 1.73 bits per heavy atom. The second-order valence-electron chi connectivity index (χ2n) is 5.78. The molecule has 0 aliphatic rings. The fraction of sp³-hybridized carbons (Fsp3) is 0.167. The van der Waals surface area contributed by atoms with Crippen molar-refractivity contribution in [2.75, 3.05) is 14.1 Å². The standard InChI is InChI=1S/C18H19N3O/c1-21(2)11-12-3-5-13(6-4-12)14-7-8-16-15(9-14)10-17(20-16)18(19)22/h3-10,20H,11H2,1-2H3,(H2,19,22). The van der Waals surface area contributed by atoms with Gasteiger partial charge in [0.1, 0.15) is 5.69 Å². The first-order valence-electron chi connectivity index (χ1n) is 7.19. The zero-order valence-corrected chi connectivity index (χ0v) is 12.8. The fourth-order valence-corrected chi connectivity index (χ4v) is 2.61. The Balaban J connectivity index is 1.94. The predicted molar refractivity (Wildman–Crippen MR) is 89.6 cm³/mol. The Morgan fingerprint density at radius 1 is 1.05 bits per heavy atom. The molecule has 1 heterocycles. The van der Waals surface area contributed by atoms with Gasteiger partial charge in [0.25, 0.3) is 5.91 Å². The number of aromatic amines is 1. The number of fused-ring (bicyclic) bond motifs is 1. The van der Waals surface area contributed by atoms with Crippen molar-refractivity contribution in [3.05, 3.63) is 59.8 Å². The molecule has 3 rings (SSSR count). The summed E-state index contributed by atoms with van der Waals surface area (Å²) >= 11 is 0. The average Bonchev–Trinajstić information content (AvgIpc) is 2.90. The Bertz CT molecular complexity index is 816. The van der Waals surface area contributed by atoms with Crippen LogP contribution < -0.4 is 5.73 Å². The lowest BCUT2D eigenvalue weighted by molar-refractivity contribution is 0.0996. The van der Waals surface area contributed by atoms with Crippen molar-refractivity contribution in [1.82, 2.24) is 9.88 Å². The van der Waals surface area contributed by atoms with Crippen LogP contribution in [0.25, 0.3) is 22.0 Å². The number of aromatic nitrogens is 1. The Morgan fingerprint density at radius 3 is 2.36 bits per heavy atom. The minimum absolute atomic E-state index is 0.438. The molecule has 0 atom stereocenters. The largest absolute Gasteiger partial charge is 0.364 e. The zero-order valence-electron chi connectivity index (χ0n) is 12.8. The number of benzene rings is 2. The van der Waals surface area contributed by atoms with Gasteiger partial charge >= 0.3 is 0 Å². The number of H-pyrrole nitrogens is 1. The smallest absolute Gasteiger partial charge is 0.265 e. The molecular weight excluding hydrogens is 274 g/mol. The molecule has 0 radical (unpaired) electrons. The quantitative estimate of drug-likeness (QED) is 0.776. The van der Waals surface area contributed by atoms with Crippen LogP contribution in [0.4, 0.5) is 0 Å². The molecule has 0 fully saturated rings. The Kier molecular flexibility index (Phi) is 3.69. The lowest BCUT2D eigenvalue weighted by atomic mass is 10.0. The predicted octanol–water partition coefficient (Wildman–Crippen LogP) is 3.00. The van der Waals surface area contributed by atoms with E-state index in [1.54, 1.807) is 6.07 Å². The zero-order chi connectivity index (χ0) is 15.7. The molecule has 1 aromatic heterocycles. The molecule has 0 aliphatic heterocycles. The van der Waals surface area contributed by atoms with Crippen molar-refractivity contribution in [3.8, 4) is 11.1 Å². The summed E-state index contributed by atoms with van der Waals surface area (Å²) in [7, 11) is 4.12. The normalized spacial score (nSPS) is 11.2. The maximum atomic E-state index is 11.2. The van der Waals surface area contributed by atoms with Gasteiger partial charge in [0, 0.05) is 17.4 Å². The average molecular weight is 293 g/mol. The number of amides is 1. The molecule has 3 N–H and O–H groups in total. The molecule has 0 bridgehead atoms. The van der Waals surface area contributed by atoms with E-state index in [1.165, 1.54) is 5.56 Å². The monoisotopic (exact) mass is 293 g/mol. The van der Waals surface area contributed by atoms with Gasteiger partial charge in [-0.2, -0.15) is 0 Å². The van der Waals surface area contributed by atoms with Crippen LogP contribution in [0.3, 0.4) is 0 Å². The van der Waals surface area contributed by atoms with Crippen LogP contribution in [0.15, 0.2) is 48.5 Å². The second-order valence-corrected chi connectivity index (χ2v) is 5.78. The number of nitrogens with one attached hydrogen (secondary N) is 1. The van der Waals surface area contributed by atoms with E-state index in [0.29, 0.717) is 5.69 Å². The van der Waals surface area contributed by atoms with Crippen molar-refractivity contribution in [2.24, 2.45) is 5.73 Å². The van der Waals surface area contributed by atoms with Gasteiger partial charge in [-0.3, -0.25) is 4.79 Å². The van der Waals surface area contributed by atoms with E-state index >= 15 is 0 Å². The molecule has 4 nitrogen and oxygen atoms in total. The van der Waals surface area contributed by atoms with Crippen LogP contribution in [0.5, 0.6) is 0 Å². The molecule has 0 saturated carbocycles. The number of nitrogens with zero attached hydrogens (tertiary/aromatic N) is 1. The molecule has 22 heavy (non-hydrogen) atoms. The van der Waals surface area contributed by atoms with Gasteiger partial charge in [-0.25, -0.2) is 0 Å². The summed E-state index contributed by atoms with van der Waals surface area (Å²) in [5.41, 5.74) is 10.2. The molecular formula is C18H19N3O. The van der Waals surface area contributed by atoms with Gasteiger partial charge in [-0.05, 0) is 49.0 Å². The summed E-state index contributed by atoms with van der Waals surface area (Å²) < 4.78 is 0. The number of hydrogen-bond acceptors (Lipinski definition) is 2. The van der Waals surface area contributed by atoms with Crippen LogP contribution in [-0.4, -0.2) is 29.9 Å². The van der Waals surface area contributed by atoms with E-state index < -0.39 is 5.91 Å². The van der Waals surface area contributed by atoms with Crippen LogP contribution in [-0.2, 0) is 6.54 Å². The van der Waals surface area contributed by atoms with E-state index in [9.17, 15) is 4.79 Å².